The SMILES string of the molecule is CCCCOC(=O)C(=C\c1ccc(OCCCC)c(OC)c1)/C(=C/c1ccc(OCCCC)c(OC)c1)C(=O)OCCCC. The minimum atomic E-state index is -0.620. The number of esters is 2. The summed E-state index contributed by atoms with van der Waals surface area (Å²) in [6.07, 6.45) is 10.2. The van der Waals surface area contributed by atoms with Gasteiger partial charge in [0.15, 0.2) is 23.0 Å². The Bertz CT molecular complexity index is 1140. The number of ether oxygens (including phenoxy) is 6. The van der Waals surface area contributed by atoms with E-state index in [1.54, 1.807) is 50.6 Å². The van der Waals surface area contributed by atoms with Crippen molar-refractivity contribution in [1.82, 2.24) is 0 Å². The van der Waals surface area contributed by atoms with E-state index < -0.39 is 11.9 Å². The Kier molecular flexibility index (Phi) is 17.2. The van der Waals surface area contributed by atoms with Crippen LogP contribution in [0.1, 0.15) is 90.2 Å². The molecule has 242 valence electrons. The Labute approximate surface area is 263 Å². The lowest BCUT2D eigenvalue weighted by Gasteiger charge is -2.15. The van der Waals surface area contributed by atoms with E-state index in [0.717, 1.165) is 38.5 Å². The first kappa shape index (κ1) is 36.3. The van der Waals surface area contributed by atoms with E-state index in [1.807, 2.05) is 26.0 Å². The van der Waals surface area contributed by atoms with Crippen molar-refractivity contribution < 1.29 is 38.0 Å². The standard InChI is InChI=1S/C36H50O8/c1-7-11-19-41-31-17-15-27(25-33(31)39-5)23-29(35(37)43-21-13-9-3)30(36(38)44-22-14-10-4)24-28-16-18-32(34(26-28)40-6)42-20-12-8-2/h15-18,23-26H,7-14,19-22H2,1-6H3/b29-23-,30-24-. The molecule has 0 aliphatic carbocycles. The normalized spacial score (nSPS) is 11.6. The summed E-state index contributed by atoms with van der Waals surface area (Å²) in [4.78, 5) is 27.1. The zero-order valence-electron chi connectivity index (χ0n) is 27.4. The summed E-state index contributed by atoms with van der Waals surface area (Å²) in [6.45, 7) is 9.82. The fraction of sp³-hybridized carbons (Fsp3) is 0.500. The van der Waals surface area contributed by atoms with Crippen LogP contribution in [-0.4, -0.2) is 52.6 Å². The minimum absolute atomic E-state index is 0.0755. The fourth-order valence-corrected chi connectivity index (χ4v) is 4.04. The number of hydrogen-bond donors (Lipinski definition) is 0. The highest BCUT2D eigenvalue weighted by atomic mass is 16.5. The summed E-state index contributed by atoms with van der Waals surface area (Å²) < 4.78 is 34.1. The van der Waals surface area contributed by atoms with Gasteiger partial charge in [-0.05, 0) is 73.2 Å². The summed E-state index contributed by atoms with van der Waals surface area (Å²) >= 11 is 0. The molecule has 0 fully saturated rings. The lowest BCUT2D eigenvalue weighted by molar-refractivity contribution is -0.142. The van der Waals surface area contributed by atoms with Crippen LogP contribution in [0.15, 0.2) is 47.5 Å². The summed E-state index contributed by atoms with van der Waals surface area (Å²) in [5.74, 6) is 1.01. The molecular formula is C36H50O8. The molecular weight excluding hydrogens is 560 g/mol. The average molecular weight is 611 g/mol. The van der Waals surface area contributed by atoms with E-state index in [4.69, 9.17) is 28.4 Å². The third-order valence-corrected chi connectivity index (χ3v) is 6.70. The van der Waals surface area contributed by atoms with E-state index in [1.165, 1.54) is 0 Å². The number of unbranched alkanes of at least 4 members (excludes halogenated alkanes) is 4. The zero-order chi connectivity index (χ0) is 32.2. The van der Waals surface area contributed by atoms with Crippen LogP contribution in [0.3, 0.4) is 0 Å². The molecule has 0 aliphatic rings. The van der Waals surface area contributed by atoms with Gasteiger partial charge in [-0.15, -0.1) is 0 Å². The van der Waals surface area contributed by atoms with Gasteiger partial charge in [0.2, 0.25) is 0 Å². The van der Waals surface area contributed by atoms with E-state index >= 15 is 0 Å². The van der Waals surface area contributed by atoms with E-state index in [2.05, 4.69) is 13.8 Å². The maximum atomic E-state index is 13.6. The van der Waals surface area contributed by atoms with Gasteiger partial charge in [0, 0.05) is 0 Å². The summed E-state index contributed by atoms with van der Waals surface area (Å²) in [5, 5.41) is 0. The molecule has 0 saturated heterocycles. The number of methoxy groups -OCH3 is 2. The number of carbonyl (C=O) groups is 2. The fourth-order valence-electron chi connectivity index (χ4n) is 4.04. The van der Waals surface area contributed by atoms with Crippen LogP contribution in [0.2, 0.25) is 0 Å². The van der Waals surface area contributed by atoms with Crippen molar-refractivity contribution in [2.75, 3.05) is 40.6 Å². The lowest BCUT2D eigenvalue weighted by atomic mass is 9.99. The molecule has 2 aromatic rings. The first-order valence-electron chi connectivity index (χ1n) is 15.8. The quantitative estimate of drug-likeness (QED) is 0.0605. The van der Waals surface area contributed by atoms with Crippen molar-refractivity contribution in [2.24, 2.45) is 0 Å². The molecule has 0 radical (unpaired) electrons. The number of hydrogen-bond acceptors (Lipinski definition) is 8. The molecule has 0 N–H and O–H groups in total. The van der Waals surface area contributed by atoms with Gasteiger partial charge < -0.3 is 28.4 Å². The third kappa shape index (κ3) is 12.0. The second kappa shape index (κ2) is 20.9. The van der Waals surface area contributed by atoms with Gasteiger partial charge in [-0.25, -0.2) is 9.59 Å². The average Bonchev–Trinajstić information content (AvgIpc) is 3.03. The smallest absolute Gasteiger partial charge is 0.339 e. The van der Waals surface area contributed by atoms with Crippen molar-refractivity contribution in [2.45, 2.75) is 79.1 Å². The van der Waals surface area contributed by atoms with Gasteiger partial charge in [-0.3, -0.25) is 0 Å². The predicted molar refractivity (Wildman–Crippen MR) is 174 cm³/mol. The van der Waals surface area contributed by atoms with Crippen LogP contribution < -0.4 is 18.9 Å². The molecule has 8 heteroatoms. The summed E-state index contributed by atoms with van der Waals surface area (Å²) in [5.41, 5.74) is 1.42. The number of rotatable bonds is 21. The van der Waals surface area contributed by atoms with Gasteiger partial charge >= 0.3 is 11.9 Å². The molecule has 8 nitrogen and oxygen atoms in total. The van der Waals surface area contributed by atoms with Gasteiger partial charge in [-0.1, -0.05) is 65.5 Å². The highest BCUT2D eigenvalue weighted by molar-refractivity contribution is 6.12. The predicted octanol–water partition coefficient (Wildman–Crippen LogP) is 8.22. The second-order valence-corrected chi connectivity index (χ2v) is 10.3. The zero-order valence-corrected chi connectivity index (χ0v) is 27.4. The van der Waals surface area contributed by atoms with Crippen LogP contribution in [0.4, 0.5) is 0 Å². The maximum Gasteiger partial charge on any atom is 0.339 e. The monoisotopic (exact) mass is 610 g/mol. The topological polar surface area (TPSA) is 89.5 Å². The maximum absolute atomic E-state index is 13.6. The summed E-state index contributed by atoms with van der Waals surface area (Å²) in [6, 6.07) is 10.8. The first-order chi connectivity index (χ1) is 21.4. The largest absolute Gasteiger partial charge is 0.493 e. The minimum Gasteiger partial charge on any atom is -0.493 e. The first-order valence-corrected chi connectivity index (χ1v) is 15.8. The highest BCUT2D eigenvalue weighted by Crippen LogP contribution is 2.32. The Morgan fingerprint density at radius 2 is 0.909 bits per heavy atom. The van der Waals surface area contributed by atoms with Crippen LogP contribution in [0, 0.1) is 0 Å². The molecule has 0 aliphatic heterocycles. The molecule has 0 unspecified atom stereocenters. The molecule has 2 rings (SSSR count). The molecule has 2 aromatic carbocycles. The lowest BCUT2D eigenvalue weighted by Crippen LogP contribution is -2.18. The Morgan fingerprint density at radius 3 is 1.25 bits per heavy atom. The molecule has 0 heterocycles. The second-order valence-electron chi connectivity index (χ2n) is 10.3. The van der Waals surface area contributed by atoms with Crippen molar-refractivity contribution in [3.05, 3.63) is 58.7 Å². The van der Waals surface area contributed by atoms with Crippen molar-refractivity contribution in [3.8, 4) is 23.0 Å². The number of carbonyl (C=O) groups excluding carboxylic acids is 2. The highest BCUT2D eigenvalue weighted by Gasteiger charge is 2.24. The van der Waals surface area contributed by atoms with Crippen LogP contribution >= 0.6 is 0 Å². The molecule has 0 saturated carbocycles. The van der Waals surface area contributed by atoms with Crippen molar-refractivity contribution >= 4 is 24.1 Å². The van der Waals surface area contributed by atoms with Crippen LogP contribution in [-0.2, 0) is 19.1 Å². The Balaban J connectivity index is 2.64. The molecule has 0 bridgehead atoms. The molecule has 0 atom stereocenters. The van der Waals surface area contributed by atoms with Gasteiger partial charge in [0.25, 0.3) is 0 Å². The van der Waals surface area contributed by atoms with Crippen LogP contribution in [0.25, 0.3) is 12.2 Å². The Hall–Kier alpha value is -3.94. The van der Waals surface area contributed by atoms with Crippen molar-refractivity contribution in [3.63, 3.8) is 0 Å². The van der Waals surface area contributed by atoms with E-state index in [0.29, 0.717) is 60.2 Å². The van der Waals surface area contributed by atoms with Gasteiger partial charge in [0.05, 0.1) is 51.8 Å². The molecule has 44 heavy (non-hydrogen) atoms. The van der Waals surface area contributed by atoms with Crippen LogP contribution in [0.5, 0.6) is 23.0 Å². The third-order valence-electron chi connectivity index (χ3n) is 6.70. The number of benzene rings is 2. The summed E-state index contributed by atoms with van der Waals surface area (Å²) in [7, 11) is 3.13. The van der Waals surface area contributed by atoms with Gasteiger partial charge in [-0.2, -0.15) is 0 Å². The van der Waals surface area contributed by atoms with E-state index in [-0.39, 0.29) is 24.4 Å². The molecule has 0 aromatic heterocycles. The van der Waals surface area contributed by atoms with Crippen molar-refractivity contribution in [1.29, 1.82) is 0 Å². The van der Waals surface area contributed by atoms with Gasteiger partial charge in [0.1, 0.15) is 0 Å². The molecule has 0 amide bonds. The molecule has 0 spiro atoms. The Morgan fingerprint density at radius 1 is 0.545 bits per heavy atom. The van der Waals surface area contributed by atoms with E-state index in [9.17, 15) is 9.59 Å².